The molecule has 0 aliphatic heterocycles. The van der Waals surface area contributed by atoms with E-state index in [2.05, 4.69) is 9.98 Å². The van der Waals surface area contributed by atoms with E-state index < -0.39 is 11.7 Å². The van der Waals surface area contributed by atoms with Gasteiger partial charge in [-0.05, 0) is 24.3 Å². The second kappa shape index (κ2) is 7.72. The van der Waals surface area contributed by atoms with Gasteiger partial charge in [0.1, 0.15) is 10.8 Å². The molecule has 5 nitrogen and oxygen atoms in total. The number of alkyl halides is 3. The topological polar surface area (TPSA) is 67.9 Å². The molecule has 152 valence electrons. The number of rotatable bonds is 4. The molecule has 1 N–H and O–H groups in total. The lowest BCUT2D eigenvalue weighted by molar-refractivity contribution is -0.137. The van der Waals surface area contributed by atoms with E-state index >= 15 is 0 Å². The summed E-state index contributed by atoms with van der Waals surface area (Å²) in [5.41, 5.74) is -0.484. The van der Waals surface area contributed by atoms with Crippen LogP contribution in [0.4, 0.5) is 18.9 Å². The molecule has 0 radical (unpaired) electrons. The van der Waals surface area contributed by atoms with Crippen LogP contribution in [0.1, 0.15) is 11.3 Å². The summed E-state index contributed by atoms with van der Waals surface area (Å²) in [6.07, 6.45) is -2.45. The van der Waals surface area contributed by atoms with Gasteiger partial charge in [-0.25, -0.2) is 4.98 Å². The van der Waals surface area contributed by atoms with Crippen LogP contribution in [0, 0.1) is 0 Å². The number of aliphatic imine (C=N–C) groups is 1. The molecule has 0 bridgehead atoms. The van der Waals surface area contributed by atoms with Crippen molar-refractivity contribution in [3.63, 3.8) is 0 Å². The average molecular weight is 433 g/mol. The van der Waals surface area contributed by atoms with Gasteiger partial charge in [0.15, 0.2) is 5.76 Å². The van der Waals surface area contributed by atoms with Gasteiger partial charge in [0.05, 0.1) is 22.9 Å². The number of pyridine rings is 1. The molecule has 2 aromatic heterocycles. The van der Waals surface area contributed by atoms with Crippen molar-refractivity contribution in [3.8, 4) is 17.6 Å². The monoisotopic (exact) mass is 432 g/mol. The van der Waals surface area contributed by atoms with Crippen molar-refractivity contribution in [2.24, 2.45) is 4.99 Å². The summed E-state index contributed by atoms with van der Waals surface area (Å²) < 4.78 is 49.0. The van der Waals surface area contributed by atoms with Crippen molar-refractivity contribution < 1.29 is 27.4 Å². The summed E-state index contributed by atoms with van der Waals surface area (Å²) in [5, 5.41) is 10.9. The Hall–Kier alpha value is -3.52. The van der Waals surface area contributed by atoms with Crippen LogP contribution < -0.4 is 4.74 Å². The quantitative estimate of drug-likeness (QED) is 0.362. The number of aromatic hydroxyl groups is 1. The third-order valence-corrected chi connectivity index (χ3v) is 4.40. The third kappa shape index (κ3) is 4.08. The largest absolute Gasteiger partial charge is 0.480 e. The number of fused-ring (bicyclic) bond motifs is 1. The summed E-state index contributed by atoms with van der Waals surface area (Å²) in [7, 11) is 0. The Morgan fingerprint density at radius 2 is 1.83 bits per heavy atom. The molecular formula is C21H12ClF3N2O3. The number of halogens is 4. The fourth-order valence-corrected chi connectivity index (χ4v) is 2.93. The third-order valence-electron chi connectivity index (χ3n) is 4.13. The molecule has 0 aliphatic rings. The fraction of sp³-hybridized carbons (Fsp3) is 0.0476. The molecular weight excluding hydrogens is 421 g/mol. The maximum absolute atomic E-state index is 12.7. The van der Waals surface area contributed by atoms with Gasteiger partial charge in [-0.2, -0.15) is 13.2 Å². The van der Waals surface area contributed by atoms with Gasteiger partial charge in [0.25, 0.3) is 5.95 Å². The number of aromatic nitrogens is 1. The van der Waals surface area contributed by atoms with Crippen LogP contribution in [0.3, 0.4) is 0 Å². The molecule has 2 heterocycles. The number of furan rings is 1. The van der Waals surface area contributed by atoms with Crippen molar-refractivity contribution in [1.29, 1.82) is 0 Å². The van der Waals surface area contributed by atoms with E-state index in [1.807, 2.05) is 6.07 Å². The van der Waals surface area contributed by atoms with Crippen LogP contribution in [-0.2, 0) is 6.18 Å². The molecule has 0 unspecified atom stereocenters. The van der Waals surface area contributed by atoms with Crippen LogP contribution in [-0.4, -0.2) is 16.3 Å². The molecule has 0 amide bonds. The second-order valence-electron chi connectivity index (χ2n) is 6.18. The highest BCUT2D eigenvalue weighted by atomic mass is 35.5. The first-order valence-electron chi connectivity index (χ1n) is 8.56. The summed E-state index contributed by atoms with van der Waals surface area (Å²) in [6, 6.07) is 14.3. The predicted octanol–water partition coefficient (Wildman–Crippen LogP) is 6.75. The fourth-order valence-electron chi connectivity index (χ4n) is 2.72. The highest BCUT2D eigenvalue weighted by molar-refractivity contribution is 6.31. The number of hydrogen-bond donors (Lipinski definition) is 1. The van der Waals surface area contributed by atoms with E-state index in [1.54, 1.807) is 42.5 Å². The molecule has 9 heteroatoms. The summed E-state index contributed by atoms with van der Waals surface area (Å²) in [4.78, 5) is 7.94. The smallest absolute Gasteiger partial charge is 0.417 e. The van der Waals surface area contributed by atoms with Crippen molar-refractivity contribution in [1.82, 2.24) is 4.98 Å². The normalized spacial score (nSPS) is 12.0. The Balaban J connectivity index is 1.57. The van der Waals surface area contributed by atoms with E-state index in [-0.39, 0.29) is 22.6 Å². The minimum atomic E-state index is -4.55. The van der Waals surface area contributed by atoms with Crippen molar-refractivity contribution in [3.05, 3.63) is 77.1 Å². The SMILES string of the molecule is Oc1oc(C=Nc2cccc(Oc3ncc(C(F)(F)F)cc3Cl)c2)c2ccccc12. The standard InChI is InChI=1S/C21H12ClF3N2O3/c22-17-8-12(21(23,24)25)10-27-19(17)29-14-5-3-4-13(9-14)26-11-18-15-6-1-2-7-16(15)20(28)30-18/h1-11,28H. The van der Waals surface area contributed by atoms with Gasteiger partial charge < -0.3 is 14.3 Å². The molecule has 0 aliphatic carbocycles. The zero-order chi connectivity index (χ0) is 21.3. The maximum atomic E-state index is 12.7. The lowest BCUT2D eigenvalue weighted by atomic mass is 10.2. The number of nitrogens with zero attached hydrogens (tertiary/aromatic N) is 2. The number of ether oxygens (including phenoxy) is 1. The first-order valence-corrected chi connectivity index (χ1v) is 8.94. The Bertz CT molecular complexity index is 1250. The first-order chi connectivity index (χ1) is 14.3. The molecule has 4 aromatic rings. The second-order valence-corrected chi connectivity index (χ2v) is 6.59. The number of benzene rings is 2. The molecule has 0 saturated heterocycles. The van der Waals surface area contributed by atoms with Gasteiger partial charge in [0, 0.05) is 17.6 Å². The number of hydrogen-bond acceptors (Lipinski definition) is 5. The van der Waals surface area contributed by atoms with Crippen molar-refractivity contribution in [2.45, 2.75) is 6.18 Å². The minimum absolute atomic E-state index is 0.159. The van der Waals surface area contributed by atoms with Gasteiger partial charge in [-0.1, -0.05) is 35.9 Å². The molecule has 2 aromatic carbocycles. The Labute approximate surface area is 173 Å². The van der Waals surface area contributed by atoms with Crippen molar-refractivity contribution >= 4 is 34.3 Å². The van der Waals surface area contributed by atoms with E-state index in [0.29, 0.717) is 28.4 Å². The molecule has 4 rings (SSSR count). The van der Waals surface area contributed by atoms with E-state index in [9.17, 15) is 18.3 Å². The molecule has 0 spiro atoms. The van der Waals surface area contributed by atoms with E-state index in [1.165, 1.54) is 6.21 Å². The van der Waals surface area contributed by atoms with Gasteiger partial charge >= 0.3 is 6.18 Å². The first kappa shape index (κ1) is 19.8. The zero-order valence-electron chi connectivity index (χ0n) is 15.0. The predicted molar refractivity (Wildman–Crippen MR) is 106 cm³/mol. The lowest BCUT2D eigenvalue weighted by Crippen LogP contribution is -2.05. The van der Waals surface area contributed by atoms with Crippen LogP contribution >= 0.6 is 11.6 Å². The summed E-state index contributed by atoms with van der Waals surface area (Å²) in [5.74, 6) is 0.299. The molecule has 0 atom stereocenters. The van der Waals surface area contributed by atoms with Crippen molar-refractivity contribution in [2.75, 3.05) is 0 Å². The molecule has 0 saturated carbocycles. The van der Waals surface area contributed by atoms with E-state index in [4.69, 9.17) is 20.8 Å². The lowest BCUT2D eigenvalue weighted by Gasteiger charge is -2.10. The minimum Gasteiger partial charge on any atom is -0.480 e. The van der Waals surface area contributed by atoms with Gasteiger partial charge in [-0.3, -0.25) is 4.99 Å². The molecule has 0 fully saturated rings. The van der Waals surface area contributed by atoms with Crippen LogP contribution in [0.15, 0.2) is 70.2 Å². The van der Waals surface area contributed by atoms with Gasteiger partial charge in [-0.15, -0.1) is 0 Å². The summed E-state index contributed by atoms with van der Waals surface area (Å²) >= 11 is 5.87. The maximum Gasteiger partial charge on any atom is 0.417 e. The molecule has 30 heavy (non-hydrogen) atoms. The average Bonchev–Trinajstić information content (AvgIpc) is 3.04. The highest BCUT2D eigenvalue weighted by Gasteiger charge is 2.31. The van der Waals surface area contributed by atoms with Crippen LogP contribution in [0.2, 0.25) is 5.02 Å². The highest BCUT2D eigenvalue weighted by Crippen LogP contribution is 2.35. The van der Waals surface area contributed by atoms with Crippen LogP contribution in [0.25, 0.3) is 10.8 Å². The zero-order valence-corrected chi connectivity index (χ0v) is 15.8. The Kier molecular flexibility index (Phi) is 5.09. The van der Waals surface area contributed by atoms with Gasteiger partial charge in [0.2, 0.25) is 5.88 Å². The Morgan fingerprint density at radius 1 is 1.07 bits per heavy atom. The van der Waals surface area contributed by atoms with Crippen LogP contribution in [0.5, 0.6) is 17.6 Å². The summed E-state index contributed by atoms with van der Waals surface area (Å²) in [6.45, 7) is 0. The Morgan fingerprint density at radius 3 is 2.57 bits per heavy atom. The van der Waals surface area contributed by atoms with E-state index in [0.717, 1.165) is 6.07 Å².